The number of hydrogen-bond donors (Lipinski definition) is 1. The predicted molar refractivity (Wildman–Crippen MR) is 108 cm³/mol. The lowest BCUT2D eigenvalue weighted by molar-refractivity contribution is 0.556. The zero-order chi connectivity index (χ0) is 18.9. The van der Waals surface area contributed by atoms with Crippen molar-refractivity contribution >= 4 is 45.8 Å². The predicted octanol–water partition coefficient (Wildman–Crippen LogP) is 5.10. The lowest BCUT2D eigenvalue weighted by Gasteiger charge is -2.05. The Morgan fingerprint density at radius 3 is 2.32 bits per heavy atom. The average molecular weight is 389 g/mol. The number of aromatic nitrogens is 4. The van der Waals surface area contributed by atoms with Gasteiger partial charge in [-0.2, -0.15) is 4.98 Å². The van der Waals surface area contributed by atoms with E-state index < -0.39 is 0 Å². The van der Waals surface area contributed by atoms with Gasteiger partial charge in [-0.25, -0.2) is 15.0 Å². The Hall–Kier alpha value is -3.39. The van der Waals surface area contributed by atoms with Crippen molar-refractivity contribution in [1.29, 1.82) is 0 Å². The summed E-state index contributed by atoms with van der Waals surface area (Å²) in [4.78, 5) is 17.9. The van der Waals surface area contributed by atoms with E-state index in [0.717, 1.165) is 27.9 Å². The molecule has 8 heteroatoms. The Labute approximate surface area is 164 Å². The topological polar surface area (TPSA) is 89.9 Å². The molecule has 138 valence electrons. The van der Waals surface area contributed by atoms with Crippen LogP contribution < -0.4 is 5.32 Å². The number of benzene rings is 2. The van der Waals surface area contributed by atoms with Crippen LogP contribution in [0.3, 0.4) is 0 Å². The van der Waals surface area contributed by atoms with E-state index in [1.54, 1.807) is 0 Å². The summed E-state index contributed by atoms with van der Waals surface area (Å²) < 4.78 is 11.5. The van der Waals surface area contributed by atoms with Crippen LogP contribution in [0.1, 0.15) is 11.6 Å². The van der Waals surface area contributed by atoms with E-state index >= 15 is 0 Å². The Morgan fingerprint density at radius 1 is 0.857 bits per heavy atom. The minimum atomic E-state index is 0.397. The highest BCUT2D eigenvalue weighted by atomic mass is 32.2. The first-order valence-electron chi connectivity index (χ1n) is 8.68. The third kappa shape index (κ3) is 3.41. The molecule has 0 aliphatic heterocycles. The van der Waals surface area contributed by atoms with Gasteiger partial charge in [0.1, 0.15) is 16.9 Å². The highest BCUT2D eigenvalue weighted by Gasteiger charge is 2.11. The van der Waals surface area contributed by atoms with Gasteiger partial charge < -0.3 is 8.83 Å². The summed E-state index contributed by atoms with van der Waals surface area (Å²) in [6.07, 6.45) is 0. The van der Waals surface area contributed by atoms with Crippen LogP contribution in [0.2, 0.25) is 0 Å². The van der Waals surface area contributed by atoms with Crippen molar-refractivity contribution in [1.82, 2.24) is 19.9 Å². The fourth-order valence-corrected chi connectivity index (χ4v) is 3.56. The molecule has 0 saturated heterocycles. The van der Waals surface area contributed by atoms with Crippen molar-refractivity contribution < 1.29 is 8.83 Å². The molecule has 3 heterocycles. The molecule has 0 saturated carbocycles. The van der Waals surface area contributed by atoms with Crippen LogP contribution in [0.5, 0.6) is 0 Å². The van der Waals surface area contributed by atoms with Crippen LogP contribution in [0.25, 0.3) is 22.2 Å². The zero-order valence-corrected chi connectivity index (χ0v) is 15.7. The maximum atomic E-state index is 5.75. The van der Waals surface area contributed by atoms with Crippen molar-refractivity contribution in [3.8, 4) is 0 Å². The number of anilines is 2. The van der Waals surface area contributed by atoms with Crippen molar-refractivity contribution in [2.45, 2.75) is 17.8 Å². The van der Waals surface area contributed by atoms with E-state index in [-0.39, 0.29) is 0 Å². The van der Waals surface area contributed by atoms with E-state index in [2.05, 4.69) is 25.3 Å². The molecule has 0 aliphatic rings. The number of aryl methyl sites for hydroxylation is 1. The molecule has 0 amide bonds. The lowest BCUT2D eigenvalue weighted by atomic mass is 10.3. The minimum Gasteiger partial charge on any atom is -0.440 e. The molecule has 7 nitrogen and oxygen atoms in total. The first kappa shape index (κ1) is 16.8. The summed E-state index contributed by atoms with van der Waals surface area (Å²) >= 11 is 1.46. The molecule has 0 fully saturated rings. The standard InChI is InChI=1S/C20H15N5O2S/c1-12-10-17(24-19-23-14-7-3-5-9-16(14)27-19)25-20(21-12)28-11-18-22-13-6-2-4-8-15(13)26-18/h2-10H,11H2,1H3,(H,21,23,24,25). The lowest BCUT2D eigenvalue weighted by Crippen LogP contribution is -1.98. The van der Waals surface area contributed by atoms with Gasteiger partial charge in [-0.1, -0.05) is 36.0 Å². The van der Waals surface area contributed by atoms with Crippen LogP contribution in [-0.2, 0) is 5.75 Å². The Kier molecular flexibility index (Phi) is 4.17. The van der Waals surface area contributed by atoms with E-state index in [1.165, 1.54) is 11.8 Å². The summed E-state index contributed by atoms with van der Waals surface area (Å²) in [5.74, 6) is 1.81. The summed E-state index contributed by atoms with van der Waals surface area (Å²) in [7, 11) is 0. The van der Waals surface area contributed by atoms with Crippen LogP contribution in [-0.4, -0.2) is 19.9 Å². The molecule has 0 aliphatic carbocycles. The molecule has 1 N–H and O–H groups in total. The molecule has 3 aromatic heterocycles. The van der Waals surface area contributed by atoms with E-state index in [4.69, 9.17) is 8.83 Å². The maximum absolute atomic E-state index is 5.75. The second-order valence-electron chi connectivity index (χ2n) is 6.15. The number of para-hydroxylation sites is 4. The number of fused-ring (bicyclic) bond motifs is 2. The molecule has 0 bridgehead atoms. The van der Waals surface area contributed by atoms with Crippen molar-refractivity contribution in [3.05, 3.63) is 66.2 Å². The zero-order valence-electron chi connectivity index (χ0n) is 14.9. The Morgan fingerprint density at radius 2 is 1.57 bits per heavy atom. The molecular formula is C20H15N5O2S. The van der Waals surface area contributed by atoms with Gasteiger partial charge in [0.05, 0.1) is 5.75 Å². The maximum Gasteiger partial charge on any atom is 0.301 e. The smallest absolute Gasteiger partial charge is 0.301 e. The third-order valence-corrected chi connectivity index (χ3v) is 4.86. The van der Waals surface area contributed by atoms with Gasteiger partial charge in [0.2, 0.25) is 5.89 Å². The summed E-state index contributed by atoms with van der Waals surface area (Å²) in [5.41, 5.74) is 3.99. The Bertz CT molecular complexity index is 1210. The Balaban J connectivity index is 1.34. The third-order valence-electron chi connectivity index (χ3n) is 4.03. The van der Waals surface area contributed by atoms with Gasteiger partial charge in [-0.15, -0.1) is 0 Å². The molecule has 0 atom stereocenters. The van der Waals surface area contributed by atoms with Crippen molar-refractivity contribution in [2.75, 3.05) is 5.32 Å². The average Bonchev–Trinajstić information content (AvgIpc) is 3.28. The minimum absolute atomic E-state index is 0.397. The van der Waals surface area contributed by atoms with Crippen LogP contribution >= 0.6 is 11.8 Å². The second-order valence-corrected chi connectivity index (χ2v) is 7.10. The number of nitrogens with one attached hydrogen (secondary N) is 1. The second kappa shape index (κ2) is 6.97. The molecule has 5 aromatic rings. The molecule has 0 unspecified atom stereocenters. The number of hydrogen-bond acceptors (Lipinski definition) is 8. The highest BCUT2D eigenvalue weighted by molar-refractivity contribution is 7.98. The van der Waals surface area contributed by atoms with Gasteiger partial charge in [-0.3, -0.25) is 5.32 Å². The molecule has 0 spiro atoms. The number of rotatable bonds is 5. The summed E-state index contributed by atoms with van der Waals surface area (Å²) in [5, 5.41) is 3.74. The van der Waals surface area contributed by atoms with E-state index in [0.29, 0.717) is 28.6 Å². The van der Waals surface area contributed by atoms with Crippen LogP contribution in [0, 0.1) is 6.92 Å². The van der Waals surface area contributed by atoms with Crippen molar-refractivity contribution in [3.63, 3.8) is 0 Å². The highest BCUT2D eigenvalue weighted by Crippen LogP contribution is 2.25. The van der Waals surface area contributed by atoms with Gasteiger partial charge in [0.25, 0.3) is 0 Å². The molecule has 2 aromatic carbocycles. The largest absolute Gasteiger partial charge is 0.440 e. The number of thioether (sulfide) groups is 1. The molecule has 28 heavy (non-hydrogen) atoms. The fraction of sp³-hybridized carbons (Fsp3) is 0.100. The van der Waals surface area contributed by atoms with Gasteiger partial charge >= 0.3 is 6.01 Å². The first-order chi connectivity index (χ1) is 13.7. The van der Waals surface area contributed by atoms with E-state index in [1.807, 2.05) is 61.5 Å². The monoisotopic (exact) mass is 389 g/mol. The van der Waals surface area contributed by atoms with E-state index in [9.17, 15) is 0 Å². The molecular weight excluding hydrogens is 374 g/mol. The fourth-order valence-electron chi connectivity index (χ4n) is 2.81. The first-order valence-corrected chi connectivity index (χ1v) is 9.67. The van der Waals surface area contributed by atoms with Gasteiger partial charge in [0.15, 0.2) is 16.3 Å². The number of nitrogens with zero attached hydrogens (tertiary/aromatic N) is 4. The molecule has 5 rings (SSSR count). The number of oxazole rings is 2. The summed E-state index contributed by atoms with van der Waals surface area (Å²) in [6.45, 7) is 1.92. The van der Waals surface area contributed by atoms with Crippen LogP contribution in [0.15, 0.2) is 68.6 Å². The quantitative estimate of drug-likeness (QED) is 0.328. The summed E-state index contributed by atoms with van der Waals surface area (Å²) in [6, 6.07) is 17.6. The normalized spacial score (nSPS) is 11.3. The molecule has 0 radical (unpaired) electrons. The van der Waals surface area contributed by atoms with Gasteiger partial charge in [0, 0.05) is 11.8 Å². The van der Waals surface area contributed by atoms with Gasteiger partial charge in [-0.05, 0) is 31.2 Å². The van der Waals surface area contributed by atoms with Crippen molar-refractivity contribution in [2.24, 2.45) is 0 Å². The SMILES string of the molecule is Cc1cc(Nc2nc3ccccc3o2)nc(SCc2nc3ccccc3o2)n1. The van der Waals surface area contributed by atoms with Crippen LogP contribution in [0.4, 0.5) is 11.8 Å².